The summed E-state index contributed by atoms with van der Waals surface area (Å²) in [6.45, 7) is 4.89. The molecule has 4 nitrogen and oxygen atoms in total. The van der Waals surface area contributed by atoms with Crippen molar-refractivity contribution in [3.63, 3.8) is 0 Å². The largest absolute Gasteiger partial charge is 0.302 e. The van der Waals surface area contributed by atoms with Gasteiger partial charge in [-0.1, -0.05) is 22.9 Å². The molecule has 0 radical (unpaired) electrons. The molecule has 0 amide bonds. The van der Waals surface area contributed by atoms with E-state index in [1.54, 1.807) is 18.2 Å². The Morgan fingerprint density at radius 3 is 2.80 bits per heavy atom. The summed E-state index contributed by atoms with van der Waals surface area (Å²) in [5.41, 5.74) is 0. The Morgan fingerprint density at radius 2 is 2.15 bits per heavy atom. The van der Waals surface area contributed by atoms with Crippen molar-refractivity contribution >= 4 is 41.9 Å². The topological polar surface area (TPSA) is 49.4 Å². The van der Waals surface area contributed by atoms with Gasteiger partial charge in [0.25, 0.3) is 0 Å². The number of piperidine rings is 1. The van der Waals surface area contributed by atoms with Gasteiger partial charge in [-0.2, -0.15) is 0 Å². The highest BCUT2D eigenvalue weighted by Gasteiger charge is 2.25. The van der Waals surface area contributed by atoms with Crippen molar-refractivity contribution in [1.29, 1.82) is 0 Å². The fourth-order valence-electron chi connectivity index (χ4n) is 2.41. The fraction of sp³-hybridized carbons (Fsp3) is 0.538. The number of hydrogen-bond acceptors (Lipinski definition) is 3. The van der Waals surface area contributed by atoms with E-state index in [2.05, 4.69) is 48.4 Å². The van der Waals surface area contributed by atoms with Crippen LogP contribution >= 0.6 is 31.9 Å². The molecule has 1 aliphatic rings. The van der Waals surface area contributed by atoms with Gasteiger partial charge in [-0.05, 0) is 60.1 Å². The molecule has 1 aromatic rings. The molecule has 0 bridgehead atoms. The van der Waals surface area contributed by atoms with Gasteiger partial charge in [0.2, 0.25) is 10.0 Å². The van der Waals surface area contributed by atoms with E-state index < -0.39 is 10.0 Å². The van der Waals surface area contributed by atoms with E-state index in [-0.39, 0.29) is 10.9 Å². The minimum absolute atomic E-state index is 0.00996. The molecule has 20 heavy (non-hydrogen) atoms. The first-order valence-corrected chi connectivity index (χ1v) is 9.69. The summed E-state index contributed by atoms with van der Waals surface area (Å²) in [5, 5.41) is 0. The van der Waals surface area contributed by atoms with E-state index in [0.717, 1.165) is 36.9 Å². The summed E-state index contributed by atoms with van der Waals surface area (Å²) in [6, 6.07) is 5.08. The zero-order chi connectivity index (χ0) is 14.8. The van der Waals surface area contributed by atoms with E-state index in [4.69, 9.17) is 0 Å². The SMILES string of the molecule is CCN1CCCC(NS(=O)(=O)c2ccc(Br)cc2Br)C1. The van der Waals surface area contributed by atoms with E-state index in [1.165, 1.54) is 0 Å². The van der Waals surface area contributed by atoms with Crippen LogP contribution in [0.1, 0.15) is 19.8 Å². The summed E-state index contributed by atoms with van der Waals surface area (Å²) in [4.78, 5) is 2.56. The van der Waals surface area contributed by atoms with Crippen LogP contribution in [0.15, 0.2) is 32.0 Å². The van der Waals surface area contributed by atoms with Crippen LogP contribution in [-0.4, -0.2) is 39.0 Å². The Labute approximate surface area is 137 Å². The summed E-state index contributed by atoms with van der Waals surface area (Å²) < 4.78 is 29.1. The number of nitrogens with one attached hydrogen (secondary N) is 1. The summed E-state index contributed by atoms with van der Waals surface area (Å²) in [6.07, 6.45) is 1.92. The van der Waals surface area contributed by atoms with Gasteiger partial charge in [0.15, 0.2) is 0 Å². The highest BCUT2D eigenvalue weighted by molar-refractivity contribution is 9.11. The lowest BCUT2D eigenvalue weighted by Crippen LogP contribution is -2.47. The van der Waals surface area contributed by atoms with Crippen molar-refractivity contribution in [1.82, 2.24) is 9.62 Å². The molecule has 7 heteroatoms. The molecule has 2 rings (SSSR count). The third-order valence-electron chi connectivity index (χ3n) is 3.46. The number of rotatable bonds is 4. The molecule has 1 N–H and O–H groups in total. The number of sulfonamides is 1. The fourth-order valence-corrected chi connectivity index (χ4v) is 5.42. The normalized spacial score (nSPS) is 21.1. The maximum atomic E-state index is 12.5. The lowest BCUT2D eigenvalue weighted by Gasteiger charge is -2.32. The molecule has 1 fully saturated rings. The lowest BCUT2D eigenvalue weighted by atomic mass is 10.1. The van der Waals surface area contributed by atoms with Crippen molar-refractivity contribution in [2.45, 2.75) is 30.7 Å². The van der Waals surface area contributed by atoms with Gasteiger partial charge in [0, 0.05) is 21.5 Å². The Balaban J connectivity index is 2.14. The van der Waals surface area contributed by atoms with Crippen LogP contribution in [0.2, 0.25) is 0 Å². The van der Waals surface area contributed by atoms with Crippen LogP contribution in [0.25, 0.3) is 0 Å². The van der Waals surface area contributed by atoms with Crippen LogP contribution in [0.3, 0.4) is 0 Å². The number of likely N-dealkylation sites (tertiary alicyclic amines) is 1. The molecule has 112 valence electrons. The lowest BCUT2D eigenvalue weighted by molar-refractivity contribution is 0.211. The number of benzene rings is 1. The third kappa shape index (κ3) is 4.04. The molecule has 1 saturated heterocycles. The maximum absolute atomic E-state index is 12.5. The van der Waals surface area contributed by atoms with Crippen molar-refractivity contribution < 1.29 is 8.42 Å². The number of likely N-dealkylation sites (N-methyl/N-ethyl adjacent to an activating group) is 1. The molecule has 1 heterocycles. The summed E-state index contributed by atoms with van der Waals surface area (Å²) in [7, 11) is -3.48. The third-order valence-corrected chi connectivity index (χ3v) is 6.45. The average molecular weight is 426 g/mol. The number of hydrogen-bond donors (Lipinski definition) is 1. The molecule has 0 saturated carbocycles. The zero-order valence-electron chi connectivity index (χ0n) is 11.3. The molecule has 0 aliphatic carbocycles. The van der Waals surface area contributed by atoms with Crippen LogP contribution in [0.4, 0.5) is 0 Å². The number of halogens is 2. The maximum Gasteiger partial charge on any atom is 0.241 e. The van der Waals surface area contributed by atoms with Crippen molar-refractivity contribution in [3.8, 4) is 0 Å². The molecule has 0 aromatic heterocycles. The van der Waals surface area contributed by atoms with E-state index in [9.17, 15) is 8.42 Å². The van der Waals surface area contributed by atoms with Gasteiger partial charge < -0.3 is 4.90 Å². The minimum atomic E-state index is -3.48. The predicted molar refractivity (Wildman–Crippen MR) is 87.3 cm³/mol. The first-order chi connectivity index (χ1) is 9.42. The van der Waals surface area contributed by atoms with E-state index in [1.807, 2.05) is 0 Å². The second-order valence-corrected chi connectivity index (χ2v) is 8.38. The molecular weight excluding hydrogens is 408 g/mol. The van der Waals surface area contributed by atoms with E-state index in [0.29, 0.717) is 4.47 Å². The van der Waals surface area contributed by atoms with Crippen molar-refractivity contribution in [3.05, 3.63) is 27.1 Å². The molecule has 1 atom stereocenters. The monoisotopic (exact) mass is 424 g/mol. The standard InChI is InChI=1S/C13H18Br2N2O2S/c1-2-17-7-3-4-11(9-17)16-20(18,19)13-6-5-10(14)8-12(13)15/h5-6,8,11,16H,2-4,7,9H2,1H3. The minimum Gasteiger partial charge on any atom is -0.302 e. The summed E-state index contributed by atoms with van der Waals surface area (Å²) >= 11 is 6.64. The first-order valence-electron chi connectivity index (χ1n) is 6.62. The second kappa shape index (κ2) is 6.87. The first kappa shape index (κ1) is 16.4. The van der Waals surface area contributed by atoms with E-state index >= 15 is 0 Å². The molecule has 1 aliphatic heterocycles. The second-order valence-electron chi connectivity index (χ2n) is 4.93. The van der Waals surface area contributed by atoms with Gasteiger partial charge in [-0.3, -0.25) is 0 Å². The molecule has 0 spiro atoms. The Morgan fingerprint density at radius 1 is 1.40 bits per heavy atom. The van der Waals surface area contributed by atoms with Gasteiger partial charge in [0.05, 0.1) is 4.90 Å². The van der Waals surface area contributed by atoms with Crippen molar-refractivity contribution in [2.24, 2.45) is 0 Å². The highest BCUT2D eigenvalue weighted by atomic mass is 79.9. The smallest absolute Gasteiger partial charge is 0.241 e. The zero-order valence-corrected chi connectivity index (χ0v) is 15.3. The summed E-state index contributed by atoms with van der Waals surface area (Å²) in [5.74, 6) is 0. The molecule has 1 aromatic carbocycles. The van der Waals surface area contributed by atoms with Gasteiger partial charge >= 0.3 is 0 Å². The van der Waals surface area contributed by atoms with Gasteiger partial charge in [-0.15, -0.1) is 0 Å². The van der Waals surface area contributed by atoms with Gasteiger partial charge in [-0.25, -0.2) is 13.1 Å². The van der Waals surface area contributed by atoms with Crippen molar-refractivity contribution in [2.75, 3.05) is 19.6 Å². The average Bonchev–Trinajstić information content (AvgIpc) is 2.37. The molecular formula is C13H18Br2N2O2S. The Kier molecular flexibility index (Phi) is 5.64. The van der Waals surface area contributed by atoms with Crippen LogP contribution < -0.4 is 4.72 Å². The van der Waals surface area contributed by atoms with Crippen LogP contribution in [-0.2, 0) is 10.0 Å². The predicted octanol–water partition coefficient (Wildman–Crippen LogP) is 2.97. The van der Waals surface area contributed by atoms with Gasteiger partial charge in [0.1, 0.15) is 0 Å². The Bertz CT molecular complexity index is 578. The highest BCUT2D eigenvalue weighted by Crippen LogP contribution is 2.26. The Hall–Kier alpha value is 0.0500. The van der Waals surface area contributed by atoms with Crippen LogP contribution in [0.5, 0.6) is 0 Å². The van der Waals surface area contributed by atoms with Crippen LogP contribution in [0, 0.1) is 0 Å². The number of nitrogens with zero attached hydrogens (tertiary/aromatic N) is 1. The quantitative estimate of drug-likeness (QED) is 0.806. The molecule has 1 unspecified atom stereocenters.